The predicted octanol–water partition coefficient (Wildman–Crippen LogP) is 1.37. The van der Waals surface area contributed by atoms with Gasteiger partial charge in [0.1, 0.15) is 24.8 Å². The predicted molar refractivity (Wildman–Crippen MR) is 74.8 cm³/mol. The lowest BCUT2D eigenvalue weighted by Crippen LogP contribution is -2.22. The fourth-order valence-corrected chi connectivity index (χ4v) is 2.12. The van der Waals surface area contributed by atoms with Gasteiger partial charge in [0.05, 0.1) is 16.6 Å². The first kappa shape index (κ1) is 16.5. The van der Waals surface area contributed by atoms with E-state index in [4.69, 9.17) is 9.84 Å². The van der Waals surface area contributed by atoms with E-state index in [2.05, 4.69) is 11.8 Å². The number of hydrogen-bond acceptors (Lipinski definition) is 4. The van der Waals surface area contributed by atoms with E-state index in [0.29, 0.717) is 0 Å². The zero-order valence-electron chi connectivity index (χ0n) is 11.4. The molecule has 20 heavy (non-hydrogen) atoms. The minimum absolute atomic E-state index is 0.0262. The van der Waals surface area contributed by atoms with Crippen LogP contribution >= 0.6 is 0 Å². The molecule has 1 aromatic rings. The summed E-state index contributed by atoms with van der Waals surface area (Å²) in [7, 11) is -3.17. The lowest BCUT2D eigenvalue weighted by atomic mass is 10.2. The van der Waals surface area contributed by atoms with Gasteiger partial charge in [0.25, 0.3) is 0 Å². The molecule has 110 valence electrons. The Morgan fingerprint density at radius 1 is 1.40 bits per heavy atom. The maximum Gasteiger partial charge on any atom is 0.155 e. The first-order chi connectivity index (χ1) is 9.36. The van der Waals surface area contributed by atoms with Crippen molar-refractivity contribution in [3.05, 3.63) is 29.6 Å². The average molecular weight is 300 g/mol. The number of aliphatic hydroxyl groups excluding tert-OH is 1. The van der Waals surface area contributed by atoms with Gasteiger partial charge in [-0.2, -0.15) is 0 Å². The second-order valence-corrected chi connectivity index (χ2v) is 7.04. The minimum atomic E-state index is -3.17. The van der Waals surface area contributed by atoms with E-state index in [0.717, 1.165) is 6.07 Å². The maximum atomic E-state index is 13.6. The van der Waals surface area contributed by atoms with Gasteiger partial charge in [0.15, 0.2) is 9.84 Å². The molecule has 1 N–H and O–H groups in total. The zero-order valence-corrected chi connectivity index (χ0v) is 12.2. The van der Waals surface area contributed by atoms with Gasteiger partial charge in [-0.25, -0.2) is 12.8 Å². The van der Waals surface area contributed by atoms with Crippen molar-refractivity contribution < 1.29 is 22.7 Å². The summed E-state index contributed by atoms with van der Waals surface area (Å²) >= 11 is 0. The largest absolute Gasteiger partial charge is 0.492 e. The van der Waals surface area contributed by atoms with E-state index in [1.165, 1.54) is 12.1 Å². The van der Waals surface area contributed by atoms with Crippen molar-refractivity contribution in [3.63, 3.8) is 0 Å². The van der Waals surface area contributed by atoms with Crippen molar-refractivity contribution >= 4 is 9.84 Å². The van der Waals surface area contributed by atoms with Crippen LogP contribution in [0.3, 0.4) is 0 Å². The van der Waals surface area contributed by atoms with Gasteiger partial charge in [-0.05, 0) is 26.0 Å². The maximum absolute atomic E-state index is 13.6. The third kappa shape index (κ3) is 4.83. The van der Waals surface area contributed by atoms with Gasteiger partial charge in [-0.3, -0.25) is 0 Å². The van der Waals surface area contributed by atoms with Crippen LogP contribution in [0, 0.1) is 17.7 Å². The van der Waals surface area contributed by atoms with Crippen molar-refractivity contribution in [1.82, 2.24) is 0 Å². The van der Waals surface area contributed by atoms with Crippen LogP contribution in [0.4, 0.5) is 4.39 Å². The molecule has 0 saturated carbocycles. The number of benzene rings is 1. The van der Waals surface area contributed by atoms with Crippen LogP contribution < -0.4 is 4.74 Å². The Hall–Kier alpha value is -1.58. The molecule has 0 aliphatic heterocycles. The normalized spacial score (nSPS) is 11.1. The third-order valence-corrected chi connectivity index (χ3v) is 4.77. The highest BCUT2D eigenvalue weighted by atomic mass is 32.2. The van der Waals surface area contributed by atoms with Crippen molar-refractivity contribution in [2.75, 3.05) is 19.0 Å². The lowest BCUT2D eigenvalue weighted by Gasteiger charge is -2.09. The molecule has 0 unspecified atom stereocenters. The van der Waals surface area contributed by atoms with Crippen LogP contribution in [-0.4, -0.2) is 37.7 Å². The van der Waals surface area contributed by atoms with Crippen molar-refractivity contribution in [3.8, 4) is 17.6 Å². The Bertz CT molecular complexity index is 612. The highest BCUT2D eigenvalue weighted by Gasteiger charge is 2.15. The van der Waals surface area contributed by atoms with Gasteiger partial charge in [-0.1, -0.05) is 11.8 Å². The average Bonchev–Trinajstić information content (AvgIpc) is 2.37. The molecular weight excluding hydrogens is 283 g/mol. The number of halogens is 1. The van der Waals surface area contributed by atoms with Crippen molar-refractivity contribution in [1.29, 1.82) is 0 Å². The van der Waals surface area contributed by atoms with E-state index in [-0.39, 0.29) is 30.3 Å². The van der Waals surface area contributed by atoms with Crippen LogP contribution in [0.2, 0.25) is 0 Å². The van der Waals surface area contributed by atoms with Crippen molar-refractivity contribution in [2.24, 2.45) is 0 Å². The number of rotatable bonds is 5. The molecule has 0 bridgehead atoms. The highest BCUT2D eigenvalue weighted by molar-refractivity contribution is 7.91. The lowest BCUT2D eigenvalue weighted by molar-refractivity contribution is 0.338. The fourth-order valence-electron chi connectivity index (χ4n) is 1.33. The summed E-state index contributed by atoms with van der Waals surface area (Å²) in [6, 6.07) is 4.07. The molecule has 0 aromatic heterocycles. The highest BCUT2D eigenvalue weighted by Crippen LogP contribution is 2.16. The molecule has 0 aliphatic rings. The molecule has 0 spiro atoms. The summed E-state index contributed by atoms with van der Waals surface area (Å²) in [5.41, 5.74) is 0.154. The quantitative estimate of drug-likeness (QED) is 0.834. The fraction of sp³-hybridized carbons (Fsp3) is 0.429. The SMILES string of the molecule is CC(C)S(=O)(=O)CCOc1ccc(C#CCO)c(F)c1. The van der Waals surface area contributed by atoms with Crippen LogP contribution in [0.1, 0.15) is 19.4 Å². The number of sulfone groups is 1. The molecule has 1 aromatic carbocycles. The van der Waals surface area contributed by atoms with Crippen LogP contribution in [0.25, 0.3) is 0 Å². The van der Waals surface area contributed by atoms with Gasteiger partial charge in [-0.15, -0.1) is 0 Å². The molecule has 1 rings (SSSR count). The summed E-state index contributed by atoms with van der Waals surface area (Å²) < 4.78 is 41.9. The number of ether oxygens (including phenoxy) is 1. The summed E-state index contributed by atoms with van der Waals surface area (Å²) in [6.45, 7) is 2.83. The van der Waals surface area contributed by atoms with E-state index in [9.17, 15) is 12.8 Å². The standard InChI is InChI=1S/C14H17FO4S/c1-11(2)20(17,18)9-8-19-13-6-5-12(4-3-7-16)14(15)10-13/h5-6,10-11,16H,7-9H2,1-2H3. The summed E-state index contributed by atoms with van der Waals surface area (Å²) in [5.74, 6) is 4.36. The monoisotopic (exact) mass is 300 g/mol. The second-order valence-electron chi connectivity index (χ2n) is 4.37. The summed E-state index contributed by atoms with van der Waals surface area (Å²) in [4.78, 5) is 0. The summed E-state index contributed by atoms with van der Waals surface area (Å²) in [6.07, 6.45) is 0. The molecule has 0 saturated heterocycles. The van der Waals surface area contributed by atoms with Gasteiger partial charge in [0, 0.05) is 6.07 Å². The minimum Gasteiger partial charge on any atom is -0.492 e. The second kappa shape index (κ2) is 7.27. The molecule has 0 heterocycles. The van der Waals surface area contributed by atoms with E-state index in [1.807, 2.05) is 0 Å². The van der Waals surface area contributed by atoms with Gasteiger partial charge < -0.3 is 9.84 Å². The Labute approximate surface area is 118 Å². The smallest absolute Gasteiger partial charge is 0.155 e. The van der Waals surface area contributed by atoms with E-state index in [1.54, 1.807) is 13.8 Å². The summed E-state index contributed by atoms with van der Waals surface area (Å²) in [5, 5.41) is 8.07. The molecular formula is C14H17FO4S. The first-order valence-electron chi connectivity index (χ1n) is 6.10. The molecule has 0 amide bonds. The van der Waals surface area contributed by atoms with Crippen LogP contribution in [0.15, 0.2) is 18.2 Å². The van der Waals surface area contributed by atoms with Crippen LogP contribution in [0.5, 0.6) is 5.75 Å². The third-order valence-electron chi connectivity index (χ3n) is 2.60. The molecule has 4 nitrogen and oxygen atoms in total. The molecule has 0 fully saturated rings. The Morgan fingerprint density at radius 3 is 2.65 bits per heavy atom. The number of aliphatic hydroxyl groups is 1. The molecule has 0 atom stereocenters. The zero-order chi connectivity index (χ0) is 15.2. The molecule has 0 aliphatic carbocycles. The Morgan fingerprint density at radius 2 is 2.10 bits per heavy atom. The van der Waals surface area contributed by atoms with E-state index >= 15 is 0 Å². The Balaban J connectivity index is 2.65. The van der Waals surface area contributed by atoms with Gasteiger partial charge >= 0.3 is 0 Å². The first-order valence-corrected chi connectivity index (χ1v) is 7.82. The van der Waals surface area contributed by atoms with Gasteiger partial charge in [0.2, 0.25) is 0 Å². The van der Waals surface area contributed by atoms with Crippen molar-refractivity contribution in [2.45, 2.75) is 19.1 Å². The van der Waals surface area contributed by atoms with E-state index < -0.39 is 20.9 Å². The topological polar surface area (TPSA) is 63.6 Å². The Kier molecular flexibility index (Phi) is 5.99. The molecule has 6 heteroatoms. The van der Waals surface area contributed by atoms with Crippen LogP contribution in [-0.2, 0) is 9.84 Å². The number of hydrogen-bond donors (Lipinski definition) is 1. The molecule has 0 radical (unpaired) electrons.